The summed E-state index contributed by atoms with van der Waals surface area (Å²) < 4.78 is 25.7. The molecule has 4 aromatic carbocycles. The molecule has 0 radical (unpaired) electrons. The molecule has 0 fully saturated rings. The molecule has 4 rings (SSSR count). The number of nitrogens with one attached hydrogen (secondary N) is 1. The summed E-state index contributed by atoms with van der Waals surface area (Å²) in [6, 6.07) is 25.2. The van der Waals surface area contributed by atoms with Gasteiger partial charge in [0.1, 0.15) is 17.2 Å². The zero-order chi connectivity index (χ0) is 21.1. The largest absolute Gasteiger partial charge is 0.508 e. The summed E-state index contributed by atoms with van der Waals surface area (Å²) in [6.07, 6.45) is 0. The minimum atomic E-state index is -3.95. The van der Waals surface area contributed by atoms with E-state index in [1.807, 2.05) is 30.3 Å². The maximum Gasteiger partial charge on any atom is 0.276 e. The topological polar surface area (TPSA) is 99.0 Å². The molecule has 0 bridgehead atoms. The Morgan fingerprint density at radius 2 is 1.47 bits per heavy atom. The molecule has 6 nitrogen and oxygen atoms in total. The number of rotatable bonds is 5. The van der Waals surface area contributed by atoms with Gasteiger partial charge in [0.25, 0.3) is 10.0 Å². The van der Waals surface area contributed by atoms with Crippen molar-refractivity contribution in [2.24, 2.45) is 5.10 Å². The fourth-order valence-electron chi connectivity index (χ4n) is 3.09. The van der Waals surface area contributed by atoms with Crippen LogP contribution in [0.1, 0.15) is 11.1 Å². The van der Waals surface area contributed by atoms with Crippen molar-refractivity contribution in [3.8, 4) is 11.5 Å². The summed E-state index contributed by atoms with van der Waals surface area (Å²) in [4.78, 5) is 2.34. The van der Waals surface area contributed by atoms with Crippen LogP contribution in [0.25, 0.3) is 10.8 Å². The maximum atomic E-state index is 12.9. The van der Waals surface area contributed by atoms with Crippen LogP contribution in [0.15, 0.2) is 101 Å². The highest BCUT2D eigenvalue weighted by molar-refractivity contribution is 7.89. The van der Waals surface area contributed by atoms with Gasteiger partial charge in [-0.15, -0.1) is 0 Å². The predicted octanol–water partition coefficient (Wildman–Crippen LogP) is 3.98. The first-order valence-electron chi connectivity index (χ1n) is 9.10. The summed E-state index contributed by atoms with van der Waals surface area (Å²) in [5.74, 6) is -0.331. The van der Waals surface area contributed by atoms with Gasteiger partial charge in [0.05, 0.1) is 4.90 Å². The molecule has 0 aliphatic rings. The highest BCUT2D eigenvalue weighted by Gasteiger charge is 2.17. The van der Waals surface area contributed by atoms with E-state index < -0.39 is 10.0 Å². The minimum Gasteiger partial charge on any atom is -0.508 e. The lowest BCUT2D eigenvalue weighted by molar-refractivity contribution is 0.450. The van der Waals surface area contributed by atoms with Crippen LogP contribution in [0, 0.1) is 0 Å². The molecule has 0 aliphatic carbocycles. The van der Waals surface area contributed by atoms with Crippen LogP contribution in [0.2, 0.25) is 0 Å². The Morgan fingerprint density at radius 3 is 2.20 bits per heavy atom. The third-order valence-corrected chi connectivity index (χ3v) is 5.80. The summed E-state index contributed by atoms with van der Waals surface area (Å²) in [5, 5.41) is 25.7. The summed E-state index contributed by atoms with van der Waals surface area (Å²) >= 11 is 0. The third-order valence-electron chi connectivity index (χ3n) is 4.59. The molecule has 7 heteroatoms. The van der Waals surface area contributed by atoms with Crippen molar-refractivity contribution in [2.45, 2.75) is 4.90 Å². The molecule has 0 atom stereocenters. The van der Waals surface area contributed by atoms with Gasteiger partial charge in [0.15, 0.2) is 0 Å². The number of sulfonamides is 1. The van der Waals surface area contributed by atoms with E-state index in [1.54, 1.807) is 36.4 Å². The van der Waals surface area contributed by atoms with Crippen molar-refractivity contribution in [3.63, 3.8) is 0 Å². The molecule has 0 unspecified atom stereocenters. The zero-order valence-corrected chi connectivity index (χ0v) is 16.5. The molecule has 0 spiro atoms. The van der Waals surface area contributed by atoms with E-state index in [0.29, 0.717) is 5.56 Å². The van der Waals surface area contributed by atoms with Crippen molar-refractivity contribution in [1.82, 2.24) is 4.83 Å². The maximum absolute atomic E-state index is 12.9. The fraction of sp³-hybridized carbons (Fsp3) is 0. The van der Waals surface area contributed by atoms with Gasteiger partial charge in [-0.1, -0.05) is 60.7 Å². The normalized spacial score (nSPS) is 12.1. The van der Waals surface area contributed by atoms with Crippen LogP contribution < -0.4 is 4.83 Å². The van der Waals surface area contributed by atoms with E-state index in [-0.39, 0.29) is 27.7 Å². The standard InChI is InChI=1S/C23H18N2O4S/c26-19-11-13-21(22(27)15-19)23(17-7-2-1-3-8-17)24-25-30(28,29)20-12-10-16-6-4-5-9-18(16)14-20/h1-15,25-27H/b24-23-. The van der Waals surface area contributed by atoms with Crippen molar-refractivity contribution in [1.29, 1.82) is 0 Å². The lowest BCUT2D eigenvalue weighted by atomic mass is 10.0. The van der Waals surface area contributed by atoms with Crippen molar-refractivity contribution in [3.05, 3.63) is 102 Å². The minimum absolute atomic E-state index is 0.0762. The molecule has 3 N–H and O–H groups in total. The van der Waals surface area contributed by atoms with Crippen LogP contribution in [0.4, 0.5) is 0 Å². The second kappa shape index (κ2) is 7.88. The summed E-state index contributed by atoms with van der Waals surface area (Å²) in [6.45, 7) is 0. The van der Waals surface area contributed by atoms with E-state index in [9.17, 15) is 18.6 Å². The van der Waals surface area contributed by atoms with Gasteiger partial charge >= 0.3 is 0 Å². The van der Waals surface area contributed by atoms with Gasteiger partial charge in [0, 0.05) is 17.2 Å². The van der Waals surface area contributed by atoms with Gasteiger partial charge < -0.3 is 10.2 Å². The lowest BCUT2D eigenvalue weighted by Gasteiger charge is -2.11. The number of phenols is 2. The van der Waals surface area contributed by atoms with Crippen LogP contribution >= 0.6 is 0 Å². The van der Waals surface area contributed by atoms with Crippen LogP contribution in [0.3, 0.4) is 0 Å². The average molecular weight is 418 g/mol. The molecule has 0 aliphatic heterocycles. The summed E-state index contributed by atoms with van der Waals surface area (Å²) in [7, 11) is -3.95. The Balaban J connectivity index is 1.76. The Labute approximate surface area is 173 Å². The average Bonchev–Trinajstić information content (AvgIpc) is 2.75. The third kappa shape index (κ3) is 3.97. The number of hydrazone groups is 1. The first-order chi connectivity index (χ1) is 14.4. The SMILES string of the molecule is O=S(=O)(N/N=C(/c1ccccc1)c1ccc(O)cc1O)c1ccc2ccccc2c1. The Hall–Kier alpha value is -3.84. The van der Waals surface area contributed by atoms with Crippen LogP contribution in [0.5, 0.6) is 11.5 Å². The van der Waals surface area contributed by atoms with E-state index in [0.717, 1.165) is 10.8 Å². The van der Waals surface area contributed by atoms with Crippen LogP contribution in [-0.4, -0.2) is 24.3 Å². The quantitative estimate of drug-likeness (QED) is 0.337. The second-order valence-electron chi connectivity index (χ2n) is 6.63. The molecule has 0 aromatic heterocycles. The Bertz CT molecular complexity index is 1350. The van der Waals surface area contributed by atoms with Crippen molar-refractivity contribution < 1.29 is 18.6 Å². The number of hydrogen-bond acceptors (Lipinski definition) is 5. The van der Waals surface area contributed by atoms with Crippen molar-refractivity contribution in [2.75, 3.05) is 0 Å². The van der Waals surface area contributed by atoms with Gasteiger partial charge in [-0.25, -0.2) is 0 Å². The highest BCUT2D eigenvalue weighted by atomic mass is 32.2. The predicted molar refractivity (Wildman–Crippen MR) is 116 cm³/mol. The zero-order valence-electron chi connectivity index (χ0n) is 15.7. The molecule has 4 aromatic rings. The number of aromatic hydroxyl groups is 2. The van der Waals surface area contributed by atoms with Gasteiger partial charge in [-0.05, 0) is 35.0 Å². The first kappa shape index (κ1) is 19.5. The van der Waals surface area contributed by atoms with E-state index in [1.165, 1.54) is 24.3 Å². The van der Waals surface area contributed by atoms with E-state index in [4.69, 9.17) is 0 Å². The second-order valence-corrected chi connectivity index (χ2v) is 8.29. The number of nitrogens with zero attached hydrogens (tertiary/aromatic N) is 1. The van der Waals surface area contributed by atoms with Crippen molar-refractivity contribution >= 4 is 26.5 Å². The number of fused-ring (bicyclic) bond motifs is 1. The monoisotopic (exact) mass is 418 g/mol. The van der Waals surface area contributed by atoms with E-state index >= 15 is 0 Å². The molecule has 30 heavy (non-hydrogen) atoms. The summed E-state index contributed by atoms with van der Waals surface area (Å²) in [5.41, 5.74) is 1.09. The molecule has 0 saturated carbocycles. The van der Waals surface area contributed by atoms with Crippen LogP contribution in [-0.2, 0) is 10.0 Å². The molecule has 0 saturated heterocycles. The first-order valence-corrected chi connectivity index (χ1v) is 10.6. The highest BCUT2D eigenvalue weighted by Crippen LogP contribution is 2.26. The molecule has 150 valence electrons. The smallest absolute Gasteiger partial charge is 0.276 e. The van der Waals surface area contributed by atoms with Gasteiger partial charge in [-0.2, -0.15) is 18.4 Å². The lowest BCUT2D eigenvalue weighted by Crippen LogP contribution is -2.21. The van der Waals surface area contributed by atoms with Gasteiger partial charge in [0.2, 0.25) is 0 Å². The molecule has 0 amide bonds. The fourth-order valence-corrected chi connectivity index (χ4v) is 3.94. The van der Waals surface area contributed by atoms with Gasteiger partial charge in [-0.3, -0.25) is 0 Å². The molecule has 0 heterocycles. The Kier molecular flexibility index (Phi) is 5.12. The number of phenolic OH excluding ortho intramolecular Hbond substituents is 2. The molecular weight excluding hydrogens is 400 g/mol. The number of hydrogen-bond donors (Lipinski definition) is 3. The Morgan fingerprint density at radius 1 is 0.767 bits per heavy atom. The molecular formula is C23H18N2O4S. The number of benzene rings is 4. The van der Waals surface area contributed by atoms with E-state index in [2.05, 4.69) is 9.93 Å².